The third-order valence-corrected chi connectivity index (χ3v) is 4.74. The maximum absolute atomic E-state index is 5.95. The first-order chi connectivity index (χ1) is 13.8. The summed E-state index contributed by atoms with van der Waals surface area (Å²) in [7, 11) is 3.38. The van der Waals surface area contributed by atoms with Gasteiger partial charge in [-0.15, -0.1) is 30.4 Å². The average Bonchev–Trinajstić information content (AvgIpc) is 2.75. The summed E-state index contributed by atoms with van der Waals surface area (Å²) in [4.78, 5) is 4.27. The van der Waals surface area contributed by atoms with Gasteiger partial charge in [-0.3, -0.25) is 4.99 Å². The fraction of sp³-hybridized carbons (Fsp3) is 0.591. The van der Waals surface area contributed by atoms with Crippen molar-refractivity contribution in [1.29, 1.82) is 0 Å². The van der Waals surface area contributed by atoms with E-state index in [9.17, 15) is 0 Å². The van der Waals surface area contributed by atoms with Crippen LogP contribution in [0.25, 0.3) is 0 Å². The Morgan fingerprint density at radius 1 is 1.21 bits per heavy atom. The summed E-state index contributed by atoms with van der Waals surface area (Å²) in [5.74, 6) is 4.54. The first-order valence-corrected chi connectivity index (χ1v) is 10.1. The molecule has 1 aromatic carbocycles. The lowest BCUT2D eigenvalue weighted by Gasteiger charge is -2.22. The van der Waals surface area contributed by atoms with Crippen LogP contribution in [0, 0.1) is 12.3 Å². The van der Waals surface area contributed by atoms with Crippen molar-refractivity contribution in [1.82, 2.24) is 10.6 Å². The van der Waals surface area contributed by atoms with Crippen LogP contribution in [-0.4, -0.2) is 46.0 Å². The van der Waals surface area contributed by atoms with Gasteiger partial charge in [0, 0.05) is 26.7 Å². The lowest BCUT2D eigenvalue weighted by Crippen LogP contribution is -2.37. The Labute approximate surface area is 192 Å². The van der Waals surface area contributed by atoms with E-state index < -0.39 is 0 Å². The number of hydrogen-bond donors (Lipinski definition) is 2. The second-order valence-corrected chi connectivity index (χ2v) is 6.81. The number of rotatable bonds is 10. The minimum absolute atomic E-state index is 0. The van der Waals surface area contributed by atoms with E-state index in [1.54, 1.807) is 14.2 Å². The number of benzene rings is 1. The van der Waals surface area contributed by atoms with Crippen molar-refractivity contribution in [2.75, 3.05) is 33.9 Å². The molecule has 1 fully saturated rings. The number of terminal acetylenes is 1. The highest BCUT2D eigenvalue weighted by molar-refractivity contribution is 14.0. The Bertz CT molecular complexity index is 655. The van der Waals surface area contributed by atoms with Gasteiger partial charge in [0.1, 0.15) is 6.61 Å². The van der Waals surface area contributed by atoms with E-state index >= 15 is 0 Å². The number of aliphatic imine (C=N–C) groups is 1. The van der Waals surface area contributed by atoms with Gasteiger partial charge < -0.3 is 24.8 Å². The van der Waals surface area contributed by atoms with Crippen molar-refractivity contribution < 1.29 is 14.2 Å². The summed E-state index contributed by atoms with van der Waals surface area (Å²) >= 11 is 0. The topological polar surface area (TPSA) is 64.1 Å². The molecule has 0 amide bonds. The van der Waals surface area contributed by atoms with Gasteiger partial charge in [-0.25, -0.2) is 0 Å². The molecule has 0 bridgehead atoms. The molecule has 1 saturated carbocycles. The molecule has 162 valence electrons. The van der Waals surface area contributed by atoms with Gasteiger partial charge in [0.25, 0.3) is 0 Å². The number of methoxy groups -OCH3 is 1. The zero-order valence-corrected chi connectivity index (χ0v) is 19.9. The van der Waals surface area contributed by atoms with E-state index in [2.05, 4.69) is 21.5 Å². The van der Waals surface area contributed by atoms with Crippen molar-refractivity contribution in [3.63, 3.8) is 0 Å². The number of ether oxygens (including phenoxy) is 3. The molecule has 0 aromatic heterocycles. The van der Waals surface area contributed by atoms with Crippen molar-refractivity contribution in [3.05, 3.63) is 23.8 Å². The van der Waals surface area contributed by atoms with E-state index in [0.29, 0.717) is 24.1 Å². The Kier molecular flexibility index (Phi) is 13.3. The van der Waals surface area contributed by atoms with Crippen molar-refractivity contribution >= 4 is 29.9 Å². The first kappa shape index (κ1) is 25.4. The number of nitrogens with zero attached hydrogens (tertiary/aromatic N) is 1. The van der Waals surface area contributed by atoms with Gasteiger partial charge in [0.05, 0.1) is 13.2 Å². The molecular weight excluding hydrogens is 481 g/mol. The summed E-state index contributed by atoms with van der Waals surface area (Å²) in [6.07, 6.45) is 13.1. The molecule has 0 heterocycles. The van der Waals surface area contributed by atoms with E-state index in [-0.39, 0.29) is 30.6 Å². The summed E-state index contributed by atoms with van der Waals surface area (Å²) in [6, 6.07) is 5.79. The molecule has 0 aliphatic heterocycles. The molecule has 6 nitrogen and oxygen atoms in total. The lowest BCUT2D eigenvalue weighted by atomic mass is 9.98. The standard InChI is InChI=1S/C22H33N3O3.HI/c1-4-14-28-21-16-18(11-12-20(21)26-3)17-25-22(23-2)24-13-8-15-27-19-9-6-5-7-10-19;/h1,11-12,16,19H,5-10,13-15,17H2,2-3H3,(H2,23,24,25);1H. The van der Waals surface area contributed by atoms with Crippen LogP contribution in [-0.2, 0) is 11.3 Å². The Morgan fingerprint density at radius 3 is 2.69 bits per heavy atom. The molecule has 1 aliphatic carbocycles. The maximum Gasteiger partial charge on any atom is 0.191 e. The molecule has 0 radical (unpaired) electrons. The van der Waals surface area contributed by atoms with Gasteiger partial charge in [0.15, 0.2) is 17.5 Å². The van der Waals surface area contributed by atoms with Crippen molar-refractivity contribution in [2.45, 2.75) is 51.2 Å². The van der Waals surface area contributed by atoms with Crippen LogP contribution >= 0.6 is 24.0 Å². The molecule has 1 aliphatic rings. The van der Waals surface area contributed by atoms with Gasteiger partial charge in [-0.05, 0) is 37.0 Å². The molecule has 0 saturated heterocycles. The highest BCUT2D eigenvalue weighted by atomic mass is 127. The van der Waals surface area contributed by atoms with Crippen LogP contribution in [0.2, 0.25) is 0 Å². The first-order valence-electron chi connectivity index (χ1n) is 10.1. The van der Waals surface area contributed by atoms with Gasteiger partial charge in [-0.1, -0.05) is 31.2 Å². The predicted octanol–water partition coefficient (Wildman–Crippen LogP) is 3.73. The lowest BCUT2D eigenvalue weighted by molar-refractivity contribution is 0.0277. The number of halogens is 1. The highest BCUT2D eigenvalue weighted by Gasteiger charge is 2.13. The maximum atomic E-state index is 5.95. The monoisotopic (exact) mass is 515 g/mol. The SMILES string of the molecule is C#CCOc1cc(CNC(=NC)NCCCOC2CCCCC2)ccc1OC.I. The molecule has 1 aromatic rings. The van der Waals surface area contributed by atoms with Gasteiger partial charge >= 0.3 is 0 Å². The fourth-order valence-electron chi connectivity index (χ4n) is 3.23. The second-order valence-electron chi connectivity index (χ2n) is 6.81. The van der Waals surface area contributed by atoms with Crippen LogP contribution in [0.5, 0.6) is 11.5 Å². The van der Waals surface area contributed by atoms with Crippen molar-refractivity contribution in [3.8, 4) is 23.8 Å². The van der Waals surface area contributed by atoms with Gasteiger partial charge in [0.2, 0.25) is 0 Å². The van der Waals surface area contributed by atoms with Crippen molar-refractivity contribution in [2.24, 2.45) is 4.99 Å². The molecule has 0 spiro atoms. The Morgan fingerprint density at radius 2 is 2.00 bits per heavy atom. The third kappa shape index (κ3) is 9.59. The zero-order valence-electron chi connectivity index (χ0n) is 17.5. The van der Waals surface area contributed by atoms with E-state index in [1.807, 2.05) is 18.2 Å². The van der Waals surface area contributed by atoms with Crippen LogP contribution < -0.4 is 20.1 Å². The largest absolute Gasteiger partial charge is 0.493 e. The van der Waals surface area contributed by atoms with E-state index in [0.717, 1.165) is 31.1 Å². The summed E-state index contributed by atoms with van der Waals surface area (Å²) < 4.78 is 16.8. The van der Waals surface area contributed by atoms with Crippen LogP contribution in [0.4, 0.5) is 0 Å². The number of hydrogen-bond acceptors (Lipinski definition) is 4. The molecule has 7 heteroatoms. The molecule has 2 N–H and O–H groups in total. The minimum Gasteiger partial charge on any atom is -0.493 e. The molecule has 0 atom stereocenters. The number of guanidine groups is 1. The quantitative estimate of drug-likeness (QED) is 0.164. The smallest absolute Gasteiger partial charge is 0.191 e. The summed E-state index contributed by atoms with van der Waals surface area (Å²) in [6.45, 7) is 2.45. The average molecular weight is 515 g/mol. The summed E-state index contributed by atoms with van der Waals surface area (Å²) in [5.41, 5.74) is 1.05. The Balaban J connectivity index is 0.00000420. The molecule has 2 rings (SSSR count). The van der Waals surface area contributed by atoms with Crippen LogP contribution in [0.1, 0.15) is 44.1 Å². The van der Waals surface area contributed by atoms with Gasteiger partial charge in [-0.2, -0.15) is 0 Å². The predicted molar refractivity (Wildman–Crippen MR) is 128 cm³/mol. The molecule has 29 heavy (non-hydrogen) atoms. The summed E-state index contributed by atoms with van der Waals surface area (Å²) in [5, 5.41) is 6.63. The molecule has 0 unspecified atom stereocenters. The molecular formula is C22H34IN3O3. The highest BCUT2D eigenvalue weighted by Crippen LogP contribution is 2.28. The van der Waals surface area contributed by atoms with Crippen LogP contribution in [0.3, 0.4) is 0 Å². The zero-order chi connectivity index (χ0) is 20.0. The number of nitrogens with one attached hydrogen (secondary N) is 2. The fourth-order valence-corrected chi connectivity index (χ4v) is 3.23. The minimum atomic E-state index is 0. The van der Waals surface area contributed by atoms with E-state index in [4.69, 9.17) is 20.6 Å². The normalized spacial score (nSPS) is 14.4. The van der Waals surface area contributed by atoms with Crippen LogP contribution in [0.15, 0.2) is 23.2 Å². The Hall–Kier alpha value is -1.66. The third-order valence-electron chi connectivity index (χ3n) is 4.74. The second kappa shape index (κ2) is 15.2. The van der Waals surface area contributed by atoms with E-state index in [1.165, 1.54) is 32.1 Å².